The highest BCUT2D eigenvalue weighted by atomic mass is 79.9. The first-order valence-electron chi connectivity index (χ1n) is 3.32. The van der Waals surface area contributed by atoms with E-state index in [9.17, 15) is 0 Å². The van der Waals surface area contributed by atoms with Crippen molar-refractivity contribution in [2.75, 3.05) is 0 Å². The van der Waals surface area contributed by atoms with Gasteiger partial charge in [-0.05, 0) is 40.1 Å². The van der Waals surface area contributed by atoms with Gasteiger partial charge in [0.25, 0.3) is 5.89 Å². The maximum atomic E-state index is 4.97. The molecule has 0 fully saturated rings. The summed E-state index contributed by atoms with van der Waals surface area (Å²) in [5.41, 5.74) is 0. The number of hydrogen-bond acceptors (Lipinski definition) is 4. The maximum absolute atomic E-state index is 4.97. The Kier molecular flexibility index (Phi) is 1.98. The maximum Gasteiger partial charge on any atom is 0.268 e. The molecule has 2 aromatic heterocycles. The van der Waals surface area contributed by atoms with Gasteiger partial charge in [-0.25, -0.2) is 0 Å². The van der Waals surface area contributed by atoms with Crippen LogP contribution in [-0.2, 0) is 0 Å². The smallest absolute Gasteiger partial charge is 0.268 e. The van der Waals surface area contributed by atoms with E-state index in [4.69, 9.17) is 4.52 Å². The first-order valence-corrected chi connectivity index (χ1v) is 4.92. The monoisotopic (exact) mass is 244 g/mol. The van der Waals surface area contributed by atoms with Crippen LogP contribution in [0, 0.1) is 6.92 Å². The second kappa shape index (κ2) is 2.99. The third kappa shape index (κ3) is 1.42. The average Bonchev–Trinajstić information content (AvgIpc) is 2.58. The lowest BCUT2D eigenvalue weighted by atomic mass is 10.4. The van der Waals surface area contributed by atoms with Crippen molar-refractivity contribution in [1.82, 2.24) is 10.1 Å². The molecule has 0 saturated carbocycles. The molecule has 0 aliphatic heterocycles. The highest BCUT2D eigenvalue weighted by Crippen LogP contribution is 2.26. The molecule has 0 spiro atoms. The molecule has 0 bridgehead atoms. The average molecular weight is 245 g/mol. The molecule has 2 heterocycles. The fourth-order valence-electron chi connectivity index (χ4n) is 0.855. The third-order valence-corrected chi connectivity index (χ3v) is 2.66. The molecule has 0 aliphatic carbocycles. The molecule has 0 saturated heterocycles. The Morgan fingerprint density at radius 1 is 1.50 bits per heavy atom. The van der Waals surface area contributed by atoms with Crippen LogP contribution in [0.5, 0.6) is 0 Å². The Hall–Kier alpha value is -0.680. The van der Waals surface area contributed by atoms with Crippen LogP contribution in [0.1, 0.15) is 4.88 Å². The summed E-state index contributed by atoms with van der Waals surface area (Å²) >= 11 is 4.76. The van der Waals surface area contributed by atoms with Gasteiger partial charge in [-0.3, -0.25) is 0 Å². The van der Waals surface area contributed by atoms with E-state index < -0.39 is 0 Å². The molecule has 0 aliphatic rings. The topological polar surface area (TPSA) is 38.9 Å². The Labute approximate surface area is 81.5 Å². The van der Waals surface area contributed by atoms with E-state index in [0.29, 0.717) is 10.6 Å². The molecule has 0 aromatic carbocycles. The van der Waals surface area contributed by atoms with Crippen molar-refractivity contribution in [3.63, 3.8) is 0 Å². The lowest BCUT2D eigenvalue weighted by Crippen LogP contribution is -1.68. The zero-order valence-electron chi connectivity index (χ0n) is 6.24. The summed E-state index contributed by atoms with van der Waals surface area (Å²) in [6, 6.07) is 4.00. The van der Waals surface area contributed by atoms with Crippen molar-refractivity contribution in [3.8, 4) is 10.8 Å². The fraction of sp³-hybridized carbons (Fsp3) is 0.143. The number of rotatable bonds is 1. The molecule has 0 unspecified atom stereocenters. The predicted octanol–water partition coefficient (Wildman–Crippen LogP) is 2.87. The highest BCUT2D eigenvalue weighted by molar-refractivity contribution is 9.10. The van der Waals surface area contributed by atoms with E-state index in [0.717, 1.165) is 4.88 Å². The quantitative estimate of drug-likeness (QED) is 0.775. The number of thiophene rings is 1. The largest absolute Gasteiger partial charge is 0.332 e. The molecule has 2 aromatic rings. The van der Waals surface area contributed by atoms with Gasteiger partial charge in [0.2, 0.25) is 4.73 Å². The summed E-state index contributed by atoms with van der Waals surface area (Å²) in [7, 11) is 0. The summed E-state index contributed by atoms with van der Waals surface area (Å²) in [4.78, 5) is 6.28. The van der Waals surface area contributed by atoms with Crippen LogP contribution in [0.3, 0.4) is 0 Å². The molecule has 0 amide bonds. The fourth-order valence-corrected chi connectivity index (χ4v) is 1.88. The molecule has 0 radical (unpaired) electrons. The first kappa shape index (κ1) is 7.94. The van der Waals surface area contributed by atoms with Gasteiger partial charge in [-0.2, -0.15) is 4.98 Å². The van der Waals surface area contributed by atoms with Crippen molar-refractivity contribution in [2.24, 2.45) is 0 Å². The van der Waals surface area contributed by atoms with Crippen LogP contribution in [-0.4, -0.2) is 10.1 Å². The number of aromatic nitrogens is 2. The first-order chi connectivity index (χ1) is 5.75. The van der Waals surface area contributed by atoms with Gasteiger partial charge in [0.1, 0.15) is 0 Å². The Balaban J connectivity index is 2.43. The summed E-state index contributed by atoms with van der Waals surface area (Å²) < 4.78 is 5.46. The highest BCUT2D eigenvalue weighted by Gasteiger charge is 2.07. The molecular weight excluding hydrogens is 240 g/mol. The third-order valence-electron chi connectivity index (χ3n) is 1.35. The molecule has 0 N–H and O–H groups in total. The normalized spacial score (nSPS) is 10.5. The minimum atomic E-state index is 0.489. The van der Waals surface area contributed by atoms with Gasteiger partial charge in [0.15, 0.2) is 0 Å². The SMILES string of the molecule is Cc1ccc(-c2nc(Br)no2)s1. The van der Waals surface area contributed by atoms with Crippen LogP contribution in [0.4, 0.5) is 0 Å². The van der Waals surface area contributed by atoms with Crippen molar-refractivity contribution in [1.29, 1.82) is 0 Å². The van der Waals surface area contributed by atoms with Crippen LogP contribution >= 0.6 is 27.3 Å². The van der Waals surface area contributed by atoms with E-state index in [1.165, 1.54) is 4.88 Å². The Morgan fingerprint density at radius 3 is 2.83 bits per heavy atom. The van der Waals surface area contributed by atoms with E-state index in [-0.39, 0.29) is 0 Å². The van der Waals surface area contributed by atoms with Crippen molar-refractivity contribution in [3.05, 3.63) is 21.7 Å². The zero-order chi connectivity index (χ0) is 8.55. The van der Waals surface area contributed by atoms with E-state index >= 15 is 0 Å². The van der Waals surface area contributed by atoms with Gasteiger partial charge >= 0.3 is 0 Å². The second-order valence-corrected chi connectivity index (χ2v) is 4.28. The lowest BCUT2D eigenvalue weighted by molar-refractivity contribution is 0.427. The van der Waals surface area contributed by atoms with E-state index in [2.05, 4.69) is 26.1 Å². The number of aryl methyl sites for hydroxylation is 1. The molecule has 0 atom stereocenters. The summed E-state index contributed by atoms with van der Waals surface area (Å²) in [5, 5.41) is 3.64. The Morgan fingerprint density at radius 2 is 2.33 bits per heavy atom. The summed E-state index contributed by atoms with van der Waals surface area (Å²) in [6.45, 7) is 2.04. The van der Waals surface area contributed by atoms with E-state index in [1.54, 1.807) is 11.3 Å². The Bertz CT molecular complexity index is 357. The van der Waals surface area contributed by atoms with Gasteiger partial charge < -0.3 is 4.52 Å². The van der Waals surface area contributed by atoms with Crippen molar-refractivity contribution >= 4 is 27.3 Å². The summed E-state index contributed by atoms with van der Waals surface area (Å²) in [6.07, 6.45) is 0. The molecule has 2 rings (SSSR count). The summed E-state index contributed by atoms with van der Waals surface area (Å²) in [5.74, 6) is 0.569. The minimum absolute atomic E-state index is 0.489. The molecule has 5 heteroatoms. The number of nitrogens with zero attached hydrogens (tertiary/aromatic N) is 2. The van der Waals surface area contributed by atoms with Crippen LogP contribution in [0.2, 0.25) is 0 Å². The van der Waals surface area contributed by atoms with Crippen molar-refractivity contribution in [2.45, 2.75) is 6.92 Å². The molecule has 62 valence electrons. The van der Waals surface area contributed by atoms with Crippen molar-refractivity contribution < 1.29 is 4.52 Å². The lowest BCUT2D eigenvalue weighted by Gasteiger charge is -1.82. The van der Waals surface area contributed by atoms with E-state index in [1.807, 2.05) is 19.1 Å². The second-order valence-electron chi connectivity index (χ2n) is 2.28. The van der Waals surface area contributed by atoms with Gasteiger partial charge in [-0.15, -0.1) is 11.3 Å². The minimum Gasteiger partial charge on any atom is -0.332 e. The predicted molar refractivity (Wildman–Crippen MR) is 50.0 cm³/mol. The molecule has 3 nitrogen and oxygen atoms in total. The van der Waals surface area contributed by atoms with Crippen LogP contribution < -0.4 is 0 Å². The van der Waals surface area contributed by atoms with Crippen LogP contribution in [0.25, 0.3) is 10.8 Å². The zero-order valence-corrected chi connectivity index (χ0v) is 8.65. The van der Waals surface area contributed by atoms with Gasteiger partial charge in [0, 0.05) is 4.88 Å². The molecular formula is C7H5BrN2OS. The number of halogens is 1. The number of hydrogen-bond donors (Lipinski definition) is 0. The molecule has 12 heavy (non-hydrogen) atoms. The van der Waals surface area contributed by atoms with Crippen LogP contribution in [0.15, 0.2) is 21.4 Å². The standard InChI is InChI=1S/C7H5BrN2OS/c1-4-2-3-5(12-4)6-9-7(8)10-11-6/h2-3H,1H3. The van der Waals surface area contributed by atoms with Gasteiger partial charge in [0.05, 0.1) is 4.88 Å². The van der Waals surface area contributed by atoms with Gasteiger partial charge in [-0.1, -0.05) is 0 Å².